The molecule has 5 heteroatoms. The molecular weight excluding hydrogens is 613 g/mol. The highest BCUT2D eigenvalue weighted by Crippen LogP contribution is 2.43. The number of para-hydroxylation sites is 1. The van der Waals surface area contributed by atoms with Crippen molar-refractivity contribution < 1.29 is 4.74 Å². The maximum absolute atomic E-state index is 6.81. The predicted octanol–water partition coefficient (Wildman–Crippen LogP) is 12.5. The summed E-state index contributed by atoms with van der Waals surface area (Å²) in [7, 11) is 0. The molecule has 0 saturated heterocycles. The number of benzene rings is 3. The summed E-state index contributed by atoms with van der Waals surface area (Å²) in [6.45, 7) is 18.2. The number of aromatic nitrogens is 4. The van der Waals surface area contributed by atoms with Gasteiger partial charge in [-0.3, -0.25) is 4.57 Å². The molecule has 0 aliphatic heterocycles. The van der Waals surface area contributed by atoms with Crippen LogP contribution in [-0.2, 0) is 6.42 Å². The van der Waals surface area contributed by atoms with Gasteiger partial charge in [-0.25, -0.2) is 9.67 Å². The zero-order valence-corrected chi connectivity index (χ0v) is 31.1. The molecule has 6 aromatic rings. The van der Waals surface area contributed by atoms with E-state index in [-0.39, 0.29) is 0 Å². The molecule has 7 rings (SSSR count). The van der Waals surface area contributed by atoms with Crippen LogP contribution in [0.4, 0.5) is 0 Å². The van der Waals surface area contributed by atoms with Crippen molar-refractivity contribution in [3.05, 3.63) is 119 Å². The van der Waals surface area contributed by atoms with E-state index in [0.29, 0.717) is 23.7 Å². The van der Waals surface area contributed by atoms with Crippen LogP contribution in [0.3, 0.4) is 0 Å². The van der Waals surface area contributed by atoms with Gasteiger partial charge in [0.1, 0.15) is 17.3 Å². The highest BCUT2D eigenvalue weighted by molar-refractivity contribution is 6.09. The van der Waals surface area contributed by atoms with Crippen molar-refractivity contribution in [3.63, 3.8) is 0 Å². The first kappa shape index (κ1) is 33.8. The van der Waals surface area contributed by atoms with Crippen LogP contribution in [0, 0.1) is 12.8 Å². The standard InChI is InChI=1S/C45H52N4O/c1-9-10-17-41-45(44-30(6)14-13-15-31(44)7)32(8)47-49(41)35-23-34(29(4)5)24-37(26-35)50-36-19-20-39-38-16-11-12-18-40(38)48(42(39)27-36)43-25-33(28(2)3)21-22-46-43/h11-12,14,16,18-29,31,44H,9-10,13,15,17H2,1-8H3/t31-,44?/m0/s1. The summed E-state index contributed by atoms with van der Waals surface area (Å²) in [4.78, 5) is 4.84. The molecule has 3 aromatic carbocycles. The van der Waals surface area contributed by atoms with Gasteiger partial charge in [0, 0.05) is 46.3 Å². The summed E-state index contributed by atoms with van der Waals surface area (Å²) in [5, 5.41) is 7.67. The van der Waals surface area contributed by atoms with Crippen molar-refractivity contribution in [1.82, 2.24) is 19.3 Å². The van der Waals surface area contributed by atoms with Crippen LogP contribution in [0.5, 0.6) is 11.5 Å². The van der Waals surface area contributed by atoms with Gasteiger partial charge in [0.2, 0.25) is 0 Å². The van der Waals surface area contributed by atoms with Crippen LogP contribution in [-0.4, -0.2) is 19.3 Å². The van der Waals surface area contributed by atoms with Crippen molar-refractivity contribution >= 4 is 21.8 Å². The molecule has 1 unspecified atom stereocenters. The zero-order valence-electron chi connectivity index (χ0n) is 31.1. The summed E-state index contributed by atoms with van der Waals surface area (Å²) in [5.74, 6) is 4.31. The molecule has 2 atom stereocenters. The fourth-order valence-corrected chi connectivity index (χ4v) is 8.05. The average Bonchev–Trinajstić information content (AvgIpc) is 3.61. The topological polar surface area (TPSA) is 44.9 Å². The number of nitrogens with zero attached hydrogens (tertiary/aromatic N) is 4. The second-order valence-corrected chi connectivity index (χ2v) is 15.1. The van der Waals surface area contributed by atoms with Gasteiger partial charge >= 0.3 is 0 Å². The Kier molecular flexibility index (Phi) is 9.43. The van der Waals surface area contributed by atoms with Crippen molar-refractivity contribution in [1.29, 1.82) is 0 Å². The molecule has 0 radical (unpaired) electrons. The molecule has 0 saturated carbocycles. The maximum atomic E-state index is 6.81. The quantitative estimate of drug-likeness (QED) is 0.137. The van der Waals surface area contributed by atoms with E-state index in [0.717, 1.165) is 59.0 Å². The molecule has 50 heavy (non-hydrogen) atoms. The van der Waals surface area contributed by atoms with Gasteiger partial charge in [0.15, 0.2) is 0 Å². The first-order valence-electron chi connectivity index (χ1n) is 18.7. The molecule has 0 fully saturated rings. The van der Waals surface area contributed by atoms with Gasteiger partial charge in [0.05, 0.1) is 22.4 Å². The van der Waals surface area contributed by atoms with E-state index in [4.69, 9.17) is 14.8 Å². The van der Waals surface area contributed by atoms with Crippen LogP contribution >= 0.6 is 0 Å². The summed E-state index contributed by atoms with van der Waals surface area (Å²) in [6, 6.07) is 26.1. The lowest BCUT2D eigenvalue weighted by Gasteiger charge is -2.30. The Morgan fingerprint density at radius 2 is 1.62 bits per heavy atom. The Morgan fingerprint density at radius 3 is 2.38 bits per heavy atom. The lowest BCUT2D eigenvalue weighted by atomic mass is 9.75. The molecular formula is C45H52N4O. The highest BCUT2D eigenvalue weighted by atomic mass is 16.5. The summed E-state index contributed by atoms with van der Waals surface area (Å²) in [6.07, 6.45) is 10.1. The normalized spacial score (nSPS) is 16.6. The van der Waals surface area contributed by atoms with Crippen LogP contribution in [0.1, 0.15) is 120 Å². The Bertz CT molecular complexity index is 2200. The lowest BCUT2D eigenvalue weighted by Crippen LogP contribution is -2.17. The molecule has 258 valence electrons. The SMILES string of the molecule is CCCCc1c(C2C(C)=CCC[C@@H]2C)c(C)nn1-c1cc(Oc2ccc3c4ccccc4n(-c4cc(C(C)C)ccn4)c3c2)cc(C(C)C)c1. The molecule has 0 bridgehead atoms. The first-order valence-corrected chi connectivity index (χ1v) is 18.7. The van der Waals surface area contributed by atoms with Crippen molar-refractivity contribution in [2.45, 2.75) is 105 Å². The number of unbranched alkanes of at least 4 members (excludes halogenated alkanes) is 1. The van der Waals surface area contributed by atoms with Gasteiger partial charge < -0.3 is 4.74 Å². The molecule has 0 N–H and O–H groups in total. The third kappa shape index (κ3) is 6.27. The van der Waals surface area contributed by atoms with Crippen LogP contribution < -0.4 is 4.74 Å². The van der Waals surface area contributed by atoms with Crippen LogP contribution in [0.25, 0.3) is 33.3 Å². The van der Waals surface area contributed by atoms with Gasteiger partial charge in [-0.2, -0.15) is 5.10 Å². The number of pyridine rings is 1. The van der Waals surface area contributed by atoms with E-state index in [1.165, 1.54) is 51.6 Å². The average molecular weight is 665 g/mol. The minimum Gasteiger partial charge on any atom is -0.457 e. The second-order valence-electron chi connectivity index (χ2n) is 15.1. The van der Waals surface area contributed by atoms with E-state index >= 15 is 0 Å². The number of rotatable bonds is 10. The number of hydrogen-bond acceptors (Lipinski definition) is 3. The number of ether oxygens (including phenoxy) is 1. The zero-order chi connectivity index (χ0) is 35.1. The fourth-order valence-electron chi connectivity index (χ4n) is 8.05. The largest absolute Gasteiger partial charge is 0.457 e. The summed E-state index contributed by atoms with van der Waals surface area (Å²) < 4.78 is 11.3. The molecule has 3 heterocycles. The fraction of sp³-hybridized carbons (Fsp3) is 0.378. The molecule has 1 aliphatic carbocycles. The van der Waals surface area contributed by atoms with Crippen molar-refractivity contribution in [2.24, 2.45) is 5.92 Å². The minimum atomic E-state index is 0.334. The third-order valence-corrected chi connectivity index (χ3v) is 10.8. The highest BCUT2D eigenvalue weighted by Gasteiger charge is 2.31. The van der Waals surface area contributed by atoms with Gasteiger partial charge in [0.25, 0.3) is 0 Å². The summed E-state index contributed by atoms with van der Waals surface area (Å²) >= 11 is 0. The van der Waals surface area contributed by atoms with E-state index in [2.05, 4.69) is 144 Å². The van der Waals surface area contributed by atoms with Gasteiger partial charge in [-0.15, -0.1) is 0 Å². The number of allylic oxidation sites excluding steroid dienone is 2. The Labute approximate surface area is 298 Å². The van der Waals surface area contributed by atoms with Crippen LogP contribution in [0.2, 0.25) is 0 Å². The second kappa shape index (κ2) is 13.9. The number of hydrogen-bond donors (Lipinski definition) is 0. The van der Waals surface area contributed by atoms with Gasteiger partial charge in [-0.1, -0.05) is 77.8 Å². The van der Waals surface area contributed by atoms with Gasteiger partial charge in [-0.05, 0) is 111 Å². The van der Waals surface area contributed by atoms with E-state index in [1.54, 1.807) is 0 Å². The number of aryl methyl sites for hydroxylation is 1. The molecule has 3 aromatic heterocycles. The summed E-state index contributed by atoms with van der Waals surface area (Å²) in [5.41, 5.74) is 11.2. The predicted molar refractivity (Wildman–Crippen MR) is 209 cm³/mol. The lowest BCUT2D eigenvalue weighted by molar-refractivity contribution is 0.446. The third-order valence-electron chi connectivity index (χ3n) is 10.8. The van der Waals surface area contributed by atoms with Crippen LogP contribution in [0.15, 0.2) is 90.6 Å². The first-order chi connectivity index (χ1) is 24.1. The molecule has 5 nitrogen and oxygen atoms in total. The monoisotopic (exact) mass is 664 g/mol. The molecule has 0 spiro atoms. The van der Waals surface area contributed by atoms with Crippen molar-refractivity contribution in [2.75, 3.05) is 0 Å². The van der Waals surface area contributed by atoms with Crippen molar-refractivity contribution in [3.8, 4) is 23.0 Å². The molecule has 0 amide bonds. The van der Waals surface area contributed by atoms with E-state index in [9.17, 15) is 0 Å². The number of fused-ring (bicyclic) bond motifs is 3. The van der Waals surface area contributed by atoms with E-state index < -0.39 is 0 Å². The Balaban J connectivity index is 1.34. The Hall–Kier alpha value is -4.64. The van der Waals surface area contributed by atoms with E-state index in [1.807, 2.05) is 6.20 Å². The Morgan fingerprint density at radius 1 is 0.840 bits per heavy atom. The maximum Gasteiger partial charge on any atom is 0.137 e. The minimum absolute atomic E-state index is 0.334. The smallest absolute Gasteiger partial charge is 0.137 e. The molecule has 1 aliphatic rings.